The molecule has 4 heterocycles. The zero-order chi connectivity index (χ0) is 34.0. The number of nitrogens with two attached hydrogens (primary N) is 8. The number of hydrogen-bond donors (Lipinski definition) is 13. The number of hydrogen-bond acceptors (Lipinski definition) is 21. The molecule has 0 aliphatic carbocycles. The molecule has 4 saturated heterocycles. The summed E-state index contributed by atoms with van der Waals surface area (Å²) < 4.78 is 46.3. The van der Waals surface area contributed by atoms with E-state index in [1.54, 1.807) is 0 Å². The predicted octanol–water partition coefficient (Wildman–Crippen LogP) is -5.99. The van der Waals surface area contributed by atoms with Crippen LogP contribution < -0.4 is 45.9 Å². The molecular formula is C25H60Cl8N8O13. The van der Waals surface area contributed by atoms with Gasteiger partial charge in [0.25, 0.3) is 0 Å². The lowest BCUT2D eigenvalue weighted by molar-refractivity contribution is -0.352. The Hall–Kier alpha value is 1.48. The third-order valence-corrected chi connectivity index (χ3v) is 8.95. The predicted molar refractivity (Wildman–Crippen MR) is 212 cm³/mol. The smallest absolute Gasteiger partial charge is 0.176 e. The Labute approximate surface area is 362 Å². The highest BCUT2D eigenvalue weighted by Crippen LogP contribution is 2.32. The molecule has 0 aromatic carbocycles. The van der Waals surface area contributed by atoms with Gasteiger partial charge in [0.15, 0.2) is 25.2 Å². The van der Waals surface area contributed by atoms with Crippen LogP contribution in [0.4, 0.5) is 0 Å². The number of ether oxygens (including phenoxy) is 8. The van der Waals surface area contributed by atoms with Gasteiger partial charge in [-0.25, -0.2) is 0 Å². The Kier molecular flexibility index (Phi) is 34.5. The van der Waals surface area contributed by atoms with Gasteiger partial charge < -0.3 is 109 Å². The van der Waals surface area contributed by atoms with Crippen molar-refractivity contribution < 1.29 is 63.4 Å². The number of aliphatic hydroxyl groups excluding tert-OH is 5. The van der Waals surface area contributed by atoms with Gasteiger partial charge in [-0.15, -0.1) is 99.3 Å². The summed E-state index contributed by atoms with van der Waals surface area (Å²) in [5.41, 5.74) is 48.0. The highest BCUT2D eigenvalue weighted by Gasteiger charge is 2.53. The van der Waals surface area contributed by atoms with E-state index in [9.17, 15) is 25.5 Å². The molecule has 0 spiro atoms. The molecule has 0 bridgehead atoms. The Morgan fingerprint density at radius 1 is 0.389 bits per heavy atom. The van der Waals surface area contributed by atoms with E-state index in [0.29, 0.717) is 0 Å². The largest absolute Gasteiger partial charge is 0.388 e. The SMILES string of the molecule is CO[C@H]1O[C@H](CN)[C@@H](O[C@H]2O[C@H](CN)[C@@H](O[C@H]3O[C@H](CN)[C@@H](O[C@H]4O[C@H](CN)[C@@H](O)[C@H](O)[C@H]4N)[C@H](O)[C@H]3N)[C@H](O)[C@H]2N)[C@H](O)[C@H]1N.Cl.Cl.Cl.Cl.Cl.Cl.Cl.Cl. The number of methoxy groups -OCH3 is 1. The minimum Gasteiger partial charge on any atom is -0.388 e. The molecule has 0 aromatic heterocycles. The van der Waals surface area contributed by atoms with Crippen molar-refractivity contribution >= 4 is 99.3 Å². The molecule has 20 atom stereocenters. The highest BCUT2D eigenvalue weighted by atomic mass is 35.5. The van der Waals surface area contributed by atoms with Crippen LogP contribution in [0.15, 0.2) is 0 Å². The highest BCUT2D eigenvalue weighted by molar-refractivity contribution is 5.86. The maximum Gasteiger partial charge on any atom is 0.176 e. The zero-order valence-corrected chi connectivity index (χ0v) is 35.3. The second-order valence-corrected chi connectivity index (χ2v) is 11.9. The van der Waals surface area contributed by atoms with Gasteiger partial charge in [0.2, 0.25) is 0 Å². The number of rotatable bonds is 11. The van der Waals surface area contributed by atoms with Crippen LogP contribution in [-0.2, 0) is 37.9 Å². The van der Waals surface area contributed by atoms with E-state index in [4.69, 9.17) is 83.8 Å². The monoisotopic (exact) mass is 960 g/mol. The van der Waals surface area contributed by atoms with Crippen LogP contribution in [0.25, 0.3) is 0 Å². The minimum atomic E-state index is -1.48. The first kappa shape index (κ1) is 64.6. The molecule has 21 nitrogen and oxygen atoms in total. The van der Waals surface area contributed by atoms with Gasteiger partial charge >= 0.3 is 0 Å². The van der Waals surface area contributed by atoms with Crippen molar-refractivity contribution in [3.05, 3.63) is 0 Å². The van der Waals surface area contributed by atoms with Crippen molar-refractivity contribution in [1.82, 2.24) is 0 Å². The van der Waals surface area contributed by atoms with Crippen molar-refractivity contribution in [3.63, 3.8) is 0 Å². The third kappa shape index (κ3) is 13.8. The lowest BCUT2D eigenvalue weighted by Crippen LogP contribution is -2.70. The average Bonchev–Trinajstić information content (AvgIpc) is 3.05. The molecule has 4 fully saturated rings. The summed E-state index contributed by atoms with van der Waals surface area (Å²) >= 11 is 0. The molecule has 0 unspecified atom stereocenters. The van der Waals surface area contributed by atoms with E-state index < -0.39 is 123 Å². The number of halogens is 8. The lowest BCUT2D eigenvalue weighted by atomic mass is 9.93. The van der Waals surface area contributed by atoms with Crippen LogP contribution in [0.2, 0.25) is 0 Å². The van der Waals surface area contributed by atoms with Crippen LogP contribution >= 0.6 is 99.3 Å². The summed E-state index contributed by atoms with van der Waals surface area (Å²) in [6.07, 6.45) is -19.4. The molecule has 334 valence electrons. The molecule has 0 amide bonds. The Morgan fingerprint density at radius 2 is 0.630 bits per heavy atom. The fourth-order valence-corrected chi connectivity index (χ4v) is 6.09. The van der Waals surface area contributed by atoms with Crippen LogP contribution in [-0.4, -0.2) is 181 Å². The van der Waals surface area contributed by atoms with E-state index in [1.165, 1.54) is 7.11 Å². The molecule has 0 aromatic rings. The second kappa shape index (κ2) is 28.9. The summed E-state index contributed by atoms with van der Waals surface area (Å²) in [5.74, 6) is 0. The first-order valence-electron chi connectivity index (χ1n) is 15.2. The van der Waals surface area contributed by atoms with Crippen molar-refractivity contribution in [3.8, 4) is 0 Å². The minimum absolute atomic E-state index is 0. The topological polar surface area (TPSA) is 383 Å². The second-order valence-electron chi connectivity index (χ2n) is 11.9. The summed E-state index contributed by atoms with van der Waals surface area (Å²) in [6.45, 7) is -0.585. The first-order valence-corrected chi connectivity index (χ1v) is 15.2. The average molecular weight is 964 g/mol. The molecule has 4 aliphatic rings. The van der Waals surface area contributed by atoms with Gasteiger partial charge in [0.1, 0.15) is 73.2 Å². The van der Waals surface area contributed by atoms with Crippen LogP contribution in [0.1, 0.15) is 0 Å². The van der Waals surface area contributed by atoms with Crippen molar-refractivity contribution in [1.29, 1.82) is 0 Å². The third-order valence-electron chi connectivity index (χ3n) is 8.95. The molecule has 54 heavy (non-hydrogen) atoms. The summed E-state index contributed by atoms with van der Waals surface area (Å²) in [5, 5.41) is 53.7. The van der Waals surface area contributed by atoms with Crippen LogP contribution in [0, 0.1) is 0 Å². The van der Waals surface area contributed by atoms with Crippen LogP contribution in [0.5, 0.6) is 0 Å². The van der Waals surface area contributed by atoms with Gasteiger partial charge in [-0.05, 0) is 0 Å². The maximum atomic E-state index is 11.2. The number of aliphatic hydroxyl groups is 5. The summed E-state index contributed by atoms with van der Waals surface area (Å²) in [7, 11) is 1.37. The van der Waals surface area contributed by atoms with Gasteiger partial charge in [-0.1, -0.05) is 0 Å². The van der Waals surface area contributed by atoms with Gasteiger partial charge in [0.05, 0.1) is 24.2 Å². The lowest BCUT2D eigenvalue weighted by Gasteiger charge is -2.50. The Morgan fingerprint density at radius 3 is 0.907 bits per heavy atom. The fourth-order valence-electron chi connectivity index (χ4n) is 6.09. The molecule has 0 saturated carbocycles. The van der Waals surface area contributed by atoms with E-state index in [0.717, 1.165) is 0 Å². The maximum absolute atomic E-state index is 11.2. The molecule has 21 N–H and O–H groups in total. The van der Waals surface area contributed by atoms with Gasteiger partial charge in [0, 0.05) is 33.3 Å². The van der Waals surface area contributed by atoms with E-state index >= 15 is 0 Å². The Bertz CT molecular complexity index is 979. The molecular weight excluding hydrogens is 904 g/mol. The van der Waals surface area contributed by atoms with Gasteiger partial charge in [-0.3, -0.25) is 0 Å². The first-order chi connectivity index (χ1) is 21.8. The summed E-state index contributed by atoms with van der Waals surface area (Å²) in [4.78, 5) is 0. The van der Waals surface area contributed by atoms with Crippen molar-refractivity contribution in [2.24, 2.45) is 45.9 Å². The van der Waals surface area contributed by atoms with E-state index in [1.807, 2.05) is 0 Å². The molecule has 4 aliphatic heterocycles. The molecule has 29 heteroatoms. The fraction of sp³-hybridized carbons (Fsp3) is 1.00. The van der Waals surface area contributed by atoms with Crippen molar-refractivity contribution in [2.45, 2.75) is 123 Å². The Balaban J connectivity index is -0.00000100. The van der Waals surface area contributed by atoms with Crippen molar-refractivity contribution in [2.75, 3.05) is 33.3 Å². The molecule has 4 rings (SSSR count). The van der Waals surface area contributed by atoms with Crippen LogP contribution in [0.3, 0.4) is 0 Å². The quantitative estimate of drug-likeness (QED) is 0.0917. The normalized spacial score (nSPS) is 44.3. The van der Waals surface area contributed by atoms with E-state index in [2.05, 4.69) is 0 Å². The van der Waals surface area contributed by atoms with Gasteiger partial charge in [-0.2, -0.15) is 0 Å². The molecule has 0 radical (unpaired) electrons. The zero-order valence-electron chi connectivity index (χ0n) is 28.8. The standard InChI is InChI=1S/C25H52N8O13.8ClH/c1-39-22-11(31)16(36)19(7(3-27)41-22)45-24-13(33)18(38)21(9(5-29)43-24)46-25-12(32)17(37)20(8(4-28)42-25)44-23-10(30)15(35)14(34)6(2-26)40-23;;;;;;;;/h6-25,34-38H,2-5,26-33H2,1H3;8*1H/t6-,7-,8-,9-,10-,11-,12-,13-,14-,15-,16-,17-,18-,19-,20-,21-,22+,23-,24-,25-;;;;;;;;/m1......../s1. The van der Waals surface area contributed by atoms with E-state index in [-0.39, 0.29) is 125 Å². The summed E-state index contributed by atoms with van der Waals surface area (Å²) in [6, 6.07) is -4.71.